The number of hydrogen-bond acceptors (Lipinski definition) is 4. The van der Waals surface area contributed by atoms with Crippen LogP contribution < -0.4 is 5.32 Å². The maximum Gasteiger partial charge on any atom is 0.221 e. The molecule has 0 aromatic carbocycles. The Kier molecular flexibility index (Phi) is 15.1. The van der Waals surface area contributed by atoms with Crippen LogP contribution in [0.5, 0.6) is 0 Å². The van der Waals surface area contributed by atoms with Crippen LogP contribution in [0.2, 0.25) is 0 Å². The molecule has 0 aliphatic carbocycles. The normalized spacial score (nSPS) is 13.0. The van der Waals surface area contributed by atoms with Crippen molar-refractivity contribution in [3.63, 3.8) is 0 Å². The van der Waals surface area contributed by atoms with Crippen LogP contribution in [0, 0.1) is 0 Å². The van der Waals surface area contributed by atoms with Crippen LogP contribution in [0.3, 0.4) is 0 Å². The second kappa shape index (κ2) is 16.1. The second-order valence-corrected chi connectivity index (χ2v) is 8.87. The fourth-order valence-corrected chi connectivity index (χ4v) is 3.60. The third-order valence-corrected chi connectivity index (χ3v) is 5.39. The first kappa shape index (κ1) is 27.2. The first-order valence-corrected chi connectivity index (χ1v) is 11.5. The summed E-state index contributed by atoms with van der Waals surface area (Å²) in [6, 6.07) is -0.487. The SMILES string of the molecule is C=C(O)CCC(=O)NC(CSC/C=C(\C)CC/C=C(\C)CCC=C(C)C)C(C)=O. The summed E-state index contributed by atoms with van der Waals surface area (Å²) in [6.45, 7) is 13.4. The van der Waals surface area contributed by atoms with Gasteiger partial charge in [0, 0.05) is 24.3 Å². The van der Waals surface area contributed by atoms with E-state index in [9.17, 15) is 9.59 Å². The first-order valence-electron chi connectivity index (χ1n) is 10.3. The smallest absolute Gasteiger partial charge is 0.221 e. The van der Waals surface area contributed by atoms with Crippen molar-refractivity contribution in [2.24, 2.45) is 0 Å². The van der Waals surface area contributed by atoms with Crippen molar-refractivity contribution in [3.05, 3.63) is 47.3 Å². The lowest BCUT2D eigenvalue weighted by molar-refractivity contribution is -0.126. The van der Waals surface area contributed by atoms with E-state index in [1.54, 1.807) is 11.8 Å². The van der Waals surface area contributed by atoms with Gasteiger partial charge in [0.1, 0.15) is 0 Å². The molecule has 4 nitrogen and oxygen atoms in total. The predicted octanol–water partition coefficient (Wildman–Crippen LogP) is 6.06. The van der Waals surface area contributed by atoms with Gasteiger partial charge in [0.05, 0.1) is 11.8 Å². The van der Waals surface area contributed by atoms with E-state index in [4.69, 9.17) is 5.11 Å². The Labute approximate surface area is 181 Å². The maximum atomic E-state index is 11.8. The standard InChI is InChI=1S/C24H39NO3S/c1-18(2)9-7-10-19(3)11-8-12-20(4)15-16-29-17-23(22(6)27)25-24(28)14-13-21(5)26/h9,11,15,23,26H,5,7-8,10,12-14,16-17H2,1-4,6H3,(H,25,28)/b19-11+,20-15+. The lowest BCUT2D eigenvalue weighted by atomic mass is 10.1. The lowest BCUT2D eigenvalue weighted by Gasteiger charge is -2.15. The number of allylic oxidation sites excluding steroid dienone is 6. The summed E-state index contributed by atoms with van der Waals surface area (Å²) in [7, 11) is 0. The van der Waals surface area contributed by atoms with Gasteiger partial charge in [0.25, 0.3) is 0 Å². The number of ketones is 1. The van der Waals surface area contributed by atoms with Gasteiger partial charge in [-0.15, -0.1) is 0 Å². The number of nitrogens with one attached hydrogen (secondary N) is 1. The zero-order valence-corrected chi connectivity index (χ0v) is 19.7. The van der Waals surface area contributed by atoms with E-state index in [-0.39, 0.29) is 30.3 Å². The van der Waals surface area contributed by atoms with Crippen molar-refractivity contribution >= 4 is 23.5 Å². The molecule has 0 fully saturated rings. The first-order chi connectivity index (χ1) is 13.6. The topological polar surface area (TPSA) is 66.4 Å². The van der Waals surface area contributed by atoms with Crippen molar-refractivity contribution in [1.82, 2.24) is 5.32 Å². The van der Waals surface area contributed by atoms with Crippen molar-refractivity contribution in [1.29, 1.82) is 0 Å². The number of carbonyl (C=O) groups excluding carboxylic acids is 2. The van der Waals surface area contributed by atoms with E-state index in [0.717, 1.165) is 31.4 Å². The fourth-order valence-electron chi connectivity index (χ4n) is 2.51. The van der Waals surface area contributed by atoms with Crippen LogP contribution in [-0.4, -0.2) is 34.3 Å². The van der Waals surface area contributed by atoms with E-state index in [1.165, 1.54) is 23.6 Å². The average molecular weight is 422 g/mol. The van der Waals surface area contributed by atoms with Crippen molar-refractivity contribution in [2.75, 3.05) is 11.5 Å². The molecule has 0 heterocycles. The zero-order chi connectivity index (χ0) is 22.2. The molecule has 0 saturated carbocycles. The summed E-state index contributed by atoms with van der Waals surface area (Å²) in [5, 5.41) is 11.8. The highest BCUT2D eigenvalue weighted by atomic mass is 32.2. The number of aliphatic hydroxyl groups is 1. The second-order valence-electron chi connectivity index (χ2n) is 7.79. The molecule has 0 spiro atoms. The van der Waals surface area contributed by atoms with E-state index in [0.29, 0.717) is 5.75 Å². The molecule has 0 bridgehead atoms. The molecule has 5 heteroatoms. The van der Waals surface area contributed by atoms with Crippen LogP contribution in [-0.2, 0) is 9.59 Å². The van der Waals surface area contributed by atoms with Gasteiger partial charge >= 0.3 is 0 Å². The molecule has 2 N–H and O–H groups in total. The highest BCUT2D eigenvalue weighted by Gasteiger charge is 2.16. The van der Waals surface area contributed by atoms with Gasteiger partial charge in [-0.2, -0.15) is 11.8 Å². The molecule has 0 aliphatic rings. The molecular formula is C24H39NO3S. The van der Waals surface area contributed by atoms with E-state index in [2.05, 4.69) is 57.8 Å². The van der Waals surface area contributed by atoms with Gasteiger partial charge in [-0.3, -0.25) is 9.59 Å². The minimum Gasteiger partial charge on any atom is -0.513 e. The molecule has 1 unspecified atom stereocenters. The Bertz CT molecular complexity index is 628. The highest BCUT2D eigenvalue weighted by molar-refractivity contribution is 7.99. The van der Waals surface area contributed by atoms with Gasteiger partial charge in [0.2, 0.25) is 5.91 Å². The molecule has 0 saturated heterocycles. The quantitative estimate of drug-likeness (QED) is 0.191. The van der Waals surface area contributed by atoms with E-state index < -0.39 is 6.04 Å². The summed E-state index contributed by atoms with van der Waals surface area (Å²) in [6.07, 6.45) is 11.5. The average Bonchev–Trinajstić information content (AvgIpc) is 2.61. The number of amides is 1. The Morgan fingerprint density at radius 1 is 0.931 bits per heavy atom. The molecule has 0 aromatic heterocycles. The number of carbonyl (C=O) groups is 2. The minimum atomic E-state index is -0.487. The molecule has 0 aliphatic heterocycles. The molecular weight excluding hydrogens is 382 g/mol. The molecule has 0 radical (unpaired) electrons. The molecule has 164 valence electrons. The Balaban J connectivity index is 4.20. The fraction of sp³-hybridized carbons (Fsp3) is 0.583. The largest absolute Gasteiger partial charge is 0.513 e. The Morgan fingerprint density at radius 3 is 2.07 bits per heavy atom. The number of hydrogen-bond donors (Lipinski definition) is 2. The Hall–Kier alpha value is -1.75. The number of aliphatic hydroxyl groups excluding tert-OH is 1. The van der Waals surface area contributed by atoms with Crippen LogP contribution in [0.25, 0.3) is 0 Å². The molecule has 1 atom stereocenters. The highest BCUT2D eigenvalue weighted by Crippen LogP contribution is 2.13. The van der Waals surface area contributed by atoms with Gasteiger partial charge in [-0.25, -0.2) is 0 Å². The molecule has 0 rings (SSSR count). The van der Waals surface area contributed by atoms with Crippen molar-refractivity contribution in [2.45, 2.75) is 79.2 Å². The van der Waals surface area contributed by atoms with Gasteiger partial charge in [-0.05, 0) is 60.3 Å². The van der Waals surface area contributed by atoms with Gasteiger partial charge < -0.3 is 10.4 Å². The molecule has 1 amide bonds. The molecule has 0 aromatic rings. The number of rotatable bonds is 15. The van der Waals surface area contributed by atoms with Crippen molar-refractivity contribution in [3.8, 4) is 0 Å². The number of thioether (sulfide) groups is 1. The lowest BCUT2D eigenvalue weighted by Crippen LogP contribution is -2.41. The maximum absolute atomic E-state index is 11.8. The van der Waals surface area contributed by atoms with Crippen LogP contribution >= 0.6 is 11.8 Å². The minimum absolute atomic E-state index is 0.0209. The summed E-state index contributed by atoms with van der Waals surface area (Å²) in [5.41, 5.74) is 4.15. The zero-order valence-electron chi connectivity index (χ0n) is 18.8. The summed E-state index contributed by atoms with van der Waals surface area (Å²) < 4.78 is 0. The Morgan fingerprint density at radius 2 is 1.52 bits per heavy atom. The third kappa shape index (κ3) is 16.9. The summed E-state index contributed by atoms with van der Waals surface area (Å²) in [5.74, 6) is 1.06. The monoisotopic (exact) mass is 421 g/mol. The van der Waals surface area contributed by atoms with Crippen LogP contribution in [0.15, 0.2) is 47.3 Å². The van der Waals surface area contributed by atoms with Crippen LogP contribution in [0.4, 0.5) is 0 Å². The molecule has 29 heavy (non-hydrogen) atoms. The van der Waals surface area contributed by atoms with E-state index >= 15 is 0 Å². The third-order valence-electron chi connectivity index (χ3n) is 4.42. The van der Waals surface area contributed by atoms with Crippen molar-refractivity contribution < 1.29 is 14.7 Å². The van der Waals surface area contributed by atoms with Crippen LogP contribution in [0.1, 0.15) is 73.1 Å². The predicted molar refractivity (Wildman–Crippen MR) is 126 cm³/mol. The van der Waals surface area contributed by atoms with E-state index in [1.807, 2.05) is 0 Å². The number of Topliss-reactive ketones (excluding diaryl/α,β-unsaturated/α-hetero) is 1. The van der Waals surface area contributed by atoms with Gasteiger partial charge in [-0.1, -0.05) is 41.5 Å². The summed E-state index contributed by atoms with van der Waals surface area (Å²) in [4.78, 5) is 23.6. The van der Waals surface area contributed by atoms with Gasteiger partial charge in [0.15, 0.2) is 5.78 Å². The summed E-state index contributed by atoms with van der Waals surface area (Å²) >= 11 is 1.64.